The zero-order valence-electron chi connectivity index (χ0n) is 13.5. The second-order valence-corrected chi connectivity index (χ2v) is 4.98. The van der Waals surface area contributed by atoms with Crippen LogP contribution in [0.1, 0.15) is 15.9 Å². The molecule has 2 rings (SSSR count). The van der Waals surface area contributed by atoms with E-state index >= 15 is 0 Å². The number of benzene rings is 2. The number of alkyl carbamates (subject to hydrolysis) is 1. The van der Waals surface area contributed by atoms with Gasteiger partial charge in [0.2, 0.25) is 0 Å². The van der Waals surface area contributed by atoms with Crippen molar-refractivity contribution in [1.82, 2.24) is 10.6 Å². The summed E-state index contributed by atoms with van der Waals surface area (Å²) in [6.45, 7) is 0.794. The Morgan fingerprint density at radius 1 is 0.958 bits per heavy atom. The van der Waals surface area contributed by atoms with Crippen LogP contribution in [0, 0.1) is 0 Å². The van der Waals surface area contributed by atoms with Crippen molar-refractivity contribution in [2.24, 2.45) is 0 Å². The molecule has 2 aromatic carbocycles. The topological polar surface area (TPSA) is 76.7 Å². The van der Waals surface area contributed by atoms with Gasteiger partial charge in [-0.1, -0.05) is 36.4 Å². The van der Waals surface area contributed by atoms with Crippen LogP contribution >= 0.6 is 0 Å². The summed E-state index contributed by atoms with van der Waals surface area (Å²) in [4.78, 5) is 23.5. The summed E-state index contributed by atoms with van der Waals surface area (Å²) in [6, 6.07) is 16.3. The highest BCUT2D eigenvalue weighted by Gasteiger charge is 2.06. The fourth-order valence-electron chi connectivity index (χ4n) is 1.98. The van der Waals surface area contributed by atoms with Crippen LogP contribution in [0.4, 0.5) is 4.79 Å². The van der Waals surface area contributed by atoms with Crippen LogP contribution in [0.3, 0.4) is 0 Å². The SMILES string of the molecule is COc1cccc(C(=O)NCCNC(=O)OCc2ccccc2)c1. The van der Waals surface area contributed by atoms with Gasteiger partial charge in [-0.15, -0.1) is 0 Å². The lowest BCUT2D eigenvalue weighted by molar-refractivity contribution is 0.0951. The van der Waals surface area contributed by atoms with E-state index in [4.69, 9.17) is 9.47 Å². The van der Waals surface area contributed by atoms with Crippen molar-refractivity contribution in [2.45, 2.75) is 6.61 Å². The summed E-state index contributed by atoms with van der Waals surface area (Å²) in [6.07, 6.45) is -0.519. The fraction of sp³-hybridized carbons (Fsp3) is 0.222. The molecule has 0 aromatic heterocycles. The van der Waals surface area contributed by atoms with Crippen LogP contribution in [0.5, 0.6) is 5.75 Å². The monoisotopic (exact) mass is 328 g/mol. The van der Waals surface area contributed by atoms with Gasteiger partial charge in [0.15, 0.2) is 0 Å². The predicted octanol–water partition coefficient (Wildman–Crippen LogP) is 2.35. The smallest absolute Gasteiger partial charge is 0.407 e. The fourth-order valence-corrected chi connectivity index (χ4v) is 1.98. The molecule has 2 aromatic rings. The van der Waals surface area contributed by atoms with Gasteiger partial charge in [0.1, 0.15) is 12.4 Å². The van der Waals surface area contributed by atoms with Crippen molar-refractivity contribution in [1.29, 1.82) is 0 Å². The van der Waals surface area contributed by atoms with Gasteiger partial charge in [-0.3, -0.25) is 4.79 Å². The van der Waals surface area contributed by atoms with Crippen molar-refractivity contribution in [3.63, 3.8) is 0 Å². The third kappa shape index (κ3) is 5.64. The Hall–Kier alpha value is -3.02. The average Bonchev–Trinajstić information content (AvgIpc) is 2.64. The van der Waals surface area contributed by atoms with E-state index in [0.29, 0.717) is 17.9 Å². The third-order valence-electron chi connectivity index (χ3n) is 3.22. The highest BCUT2D eigenvalue weighted by molar-refractivity contribution is 5.94. The Morgan fingerprint density at radius 3 is 2.46 bits per heavy atom. The minimum absolute atomic E-state index is 0.211. The van der Waals surface area contributed by atoms with E-state index < -0.39 is 6.09 Å². The molecule has 2 N–H and O–H groups in total. The van der Waals surface area contributed by atoms with Gasteiger partial charge in [0.25, 0.3) is 5.91 Å². The molecule has 0 bridgehead atoms. The highest BCUT2D eigenvalue weighted by atomic mass is 16.5. The highest BCUT2D eigenvalue weighted by Crippen LogP contribution is 2.12. The minimum atomic E-state index is -0.519. The van der Waals surface area contributed by atoms with Crippen LogP contribution < -0.4 is 15.4 Å². The first-order valence-corrected chi connectivity index (χ1v) is 7.56. The normalized spacial score (nSPS) is 9.88. The molecule has 0 unspecified atom stereocenters. The minimum Gasteiger partial charge on any atom is -0.497 e. The largest absolute Gasteiger partial charge is 0.497 e. The van der Waals surface area contributed by atoms with E-state index in [1.165, 1.54) is 0 Å². The van der Waals surface area contributed by atoms with E-state index in [0.717, 1.165) is 5.56 Å². The molecule has 0 saturated carbocycles. The van der Waals surface area contributed by atoms with Crippen LogP contribution in [0.15, 0.2) is 54.6 Å². The Morgan fingerprint density at radius 2 is 1.71 bits per heavy atom. The standard InChI is InChI=1S/C18H20N2O4/c1-23-16-9-5-8-15(12-16)17(21)19-10-11-20-18(22)24-13-14-6-3-2-4-7-14/h2-9,12H,10-11,13H2,1H3,(H,19,21)(H,20,22). The van der Waals surface area contributed by atoms with Gasteiger partial charge in [-0.25, -0.2) is 4.79 Å². The van der Waals surface area contributed by atoms with Gasteiger partial charge < -0.3 is 20.1 Å². The summed E-state index contributed by atoms with van der Waals surface area (Å²) < 4.78 is 10.1. The van der Waals surface area contributed by atoms with E-state index in [9.17, 15) is 9.59 Å². The van der Waals surface area contributed by atoms with Crippen LogP contribution in [-0.4, -0.2) is 32.2 Å². The van der Waals surface area contributed by atoms with Crippen LogP contribution in [0.2, 0.25) is 0 Å². The molecular formula is C18H20N2O4. The first-order valence-electron chi connectivity index (χ1n) is 7.56. The lowest BCUT2D eigenvalue weighted by atomic mass is 10.2. The summed E-state index contributed by atoms with van der Waals surface area (Å²) in [7, 11) is 1.54. The Bertz CT molecular complexity index is 674. The number of carbonyl (C=O) groups is 2. The second kappa shape index (κ2) is 9.19. The molecule has 0 aliphatic heterocycles. The molecule has 0 radical (unpaired) electrons. The van der Waals surface area contributed by atoms with E-state index in [1.54, 1.807) is 31.4 Å². The zero-order chi connectivity index (χ0) is 17.2. The lowest BCUT2D eigenvalue weighted by Crippen LogP contribution is -2.34. The van der Waals surface area contributed by atoms with E-state index in [1.807, 2.05) is 30.3 Å². The molecule has 0 fully saturated rings. The molecule has 0 aliphatic rings. The number of hydrogen-bond donors (Lipinski definition) is 2. The summed E-state index contributed by atoms with van der Waals surface area (Å²) in [5.41, 5.74) is 1.42. The maximum atomic E-state index is 12.0. The molecule has 0 spiro atoms. The van der Waals surface area contributed by atoms with Crippen molar-refractivity contribution in [3.8, 4) is 5.75 Å². The first-order chi connectivity index (χ1) is 11.7. The Balaban J connectivity index is 1.65. The number of methoxy groups -OCH3 is 1. The number of hydrogen-bond acceptors (Lipinski definition) is 4. The number of amides is 2. The molecule has 2 amide bonds. The third-order valence-corrected chi connectivity index (χ3v) is 3.22. The van der Waals surface area contributed by atoms with Crippen molar-refractivity contribution >= 4 is 12.0 Å². The Labute approximate surface area is 140 Å². The number of ether oxygens (including phenoxy) is 2. The van der Waals surface area contributed by atoms with Gasteiger partial charge in [0, 0.05) is 18.7 Å². The molecular weight excluding hydrogens is 308 g/mol. The molecule has 6 nitrogen and oxygen atoms in total. The molecule has 24 heavy (non-hydrogen) atoms. The van der Waals surface area contributed by atoms with Gasteiger partial charge in [0.05, 0.1) is 7.11 Å². The number of rotatable bonds is 7. The van der Waals surface area contributed by atoms with Crippen LogP contribution in [-0.2, 0) is 11.3 Å². The van der Waals surface area contributed by atoms with Gasteiger partial charge >= 0.3 is 6.09 Å². The van der Waals surface area contributed by atoms with Crippen molar-refractivity contribution < 1.29 is 19.1 Å². The number of nitrogens with one attached hydrogen (secondary N) is 2. The molecule has 0 atom stereocenters. The second-order valence-electron chi connectivity index (χ2n) is 4.98. The summed E-state index contributed by atoms with van der Waals surface area (Å²) in [5, 5.41) is 5.30. The van der Waals surface area contributed by atoms with Gasteiger partial charge in [-0.2, -0.15) is 0 Å². The van der Waals surface area contributed by atoms with E-state index in [2.05, 4.69) is 10.6 Å². The van der Waals surface area contributed by atoms with E-state index in [-0.39, 0.29) is 19.1 Å². The lowest BCUT2D eigenvalue weighted by Gasteiger charge is -2.09. The quantitative estimate of drug-likeness (QED) is 0.765. The molecule has 6 heteroatoms. The molecule has 126 valence electrons. The maximum Gasteiger partial charge on any atom is 0.407 e. The maximum absolute atomic E-state index is 12.0. The molecule has 0 saturated heterocycles. The first kappa shape index (κ1) is 17.3. The Kier molecular flexibility index (Phi) is 6.64. The average molecular weight is 328 g/mol. The van der Waals surface area contributed by atoms with Crippen molar-refractivity contribution in [2.75, 3.05) is 20.2 Å². The van der Waals surface area contributed by atoms with Crippen molar-refractivity contribution in [3.05, 3.63) is 65.7 Å². The number of carbonyl (C=O) groups excluding carboxylic acids is 2. The predicted molar refractivity (Wildman–Crippen MR) is 90.0 cm³/mol. The molecule has 0 heterocycles. The zero-order valence-corrected chi connectivity index (χ0v) is 13.5. The van der Waals surface area contributed by atoms with Crippen LogP contribution in [0.25, 0.3) is 0 Å². The molecule has 0 aliphatic carbocycles. The summed E-state index contributed by atoms with van der Waals surface area (Å²) in [5.74, 6) is 0.388. The summed E-state index contributed by atoms with van der Waals surface area (Å²) >= 11 is 0. The van der Waals surface area contributed by atoms with Gasteiger partial charge in [-0.05, 0) is 23.8 Å².